The molecule has 0 spiro atoms. The lowest BCUT2D eigenvalue weighted by Gasteiger charge is -1.97. The molecule has 0 aliphatic heterocycles. The Morgan fingerprint density at radius 2 is 1.33 bits per heavy atom. The first-order chi connectivity index (χ1) is 11.9. The van der Waals surface area contributed by atoms with Crippen LogP contribution >= 0.6 is 0 Å². The second kappa shape index (κ2) is 9.97. The number of aromatic nitrogens is 1. The molecule has 2 nitrogen and oxygen atoms in total. The molecule has 0 bridgehead atoms. The Bertz CT molecular complexity index is 939. The standard InChI is InChI=1S/C22H13NO/c1-2-3-4-5-6-7-8-19-24-22-13-11-20(12-14-22)9-10-21-15-17-23-18-16-21/h9-18H,1H3/b10-9+. The van der Waals surface area contributed by atoms with Crippen LogP contribution in [0.5, 0.6) is 5.75 Å². The van der Waals surface area contributed by atoms with Gasteiger partial charge in [-0.2, -0.15) is 0 Å². The van der Waals surface area contributed by atoms with Gasteiger partial charge in [0, 0.05) is 30.2 Å². The molecule has 0 fully saturated rings. The summed E-state index contributed by atoms with van der Waals surface area (Å²) >= 11 is 0. The first-order valence-electron chi connectivity index (χ1n) is 7.15. The number of benzene rings is 1. The van der Waals surface area contributed by atoms with E-state index in [0.29, 0.717) is 5.75 Å². The monoisotopic (exact) mass is 307 g/mol. The van der Waals surface area contributed by atoms with Crippen molar-refractivity contribution in [2.24, 2.45) is 0 Å². The third-order valence-electron chi connectivity index (χ3n) is 2.71. The lowest BCUT2D eigenvalue weighted by molar-refractivity contribution is 0.520. The van der Waals surface area contributed by atoms with Gasteiger partial charge in [0.25, 0.3) is 0 Å². The van der Waals surface area contributed by atoms with Crippen LogP contribution in [0.2, 0.25) is 0 Å². The zero-order chi connectivity index (χ0) is 16.9. The Balaban J connectivity index is 1.90. The predicted octanol–water partition coefficient (Wildman–Crippen LogP) is 3.62. The molecular formula is C22H13NO. The summed E-state index contributed by atoms with van der Waals surface area (Å²) < 4.78 is 5.28. The Morgan fingerprint density at radius 1 is 0.750 bits per heavy atom. The third kappa shape index (κ3) is 6.28. The first-order valence-corrected chi connectivity index (χ1v) is 7.15. The minimum atomic E-state index is 0.660. The Kier molecular flexibility index (Phi) is 6.86. The lowest BCUT2D eigenvalue weighted by atomic mass is 10.1. The number of rotatable bonds is 3. The minimum absolute atomic E-state index is 0.660. The Labute approximate surface area is 142 Å². The normalized spacial score (nSPS) is 8.38. The molecular weight excluding hydrogens is 294 g/mol. The second-order valence-electron chi connectivity index (χ2n) is 4.39. The van der Waals surface area contributed by atoms with E-state index in [1.807, 2.05) is 48.6 Å². The van der Waals surface area contributed by atoms with Crippen LogP contribution in [0.3, 0.4) is 0 Å². The van der Waals surface area contributed by atoms with Gasteiger partial charge in [-0.15, -0.1) is 0 Å². The molecule has 0 radical (unpaired) electrons. The van der Waals surface area contributed by atoms with Crippen LogP contribution in [0.25, 0.3) is 12.2 Å². The predicted molar refractivity (Wildman–Crippen MR) is 97.0 cm³/mol. The highest BCUT2D eigenvalue weighted by molar-refractivity contribution is 5.69. The van der Waals surface area contributed by atoms with Crippen LogP contribution in [0.15, 0.2) is 48.8 Å². The molecule has 0 saturated carbocycles. The highest BCUT2D eigenvalue weighted by Crippen LogP contribution is 2.14. The van der Waals surface area contributed by atoms with Gasteiger partial charge >= 0.3 is 0 Å². The second-order valence-corrected chi connectivity index (χ2v) is 4.39. The number of hydrogen-bond donors (Lipinski definition) is 0. The molecule has 0 atom stereocenters. The third-order valence-corrected chi connectivity index (χ3v) is 2.71. The molecule has 1 heterocycles. The summed E-state index contributed by atoms with van der Waals surface area (Å²) in [5, 5.41) is 0. The largest absolute Gasteiger partial charge is 0.407 e. The molecule has 2 aromatic rings. The molecule has 112 valence electrons. The fourth-order valence-corrected chi connectivity index (χ4v) is 1.61. The number of nitrogens with zero attached hydrogens (tertiary/aromatic N) is 1. The molecule has 0 unspecified atom stereocenters. The smallest absolute Gasteiger partial charge is 0.140 e. The van der Waals surface area contributed by atoms with E-state index in [1.54, 1.807) is 19.3 Å². The number of ether oxygens (including phenoxy) is 1. The number of hydrogen-bond acceptors (Lipinski definition) is 2. The molecule has 2 heteroatoms. The molecule has 1 aromatic carbocycles. The van der Waals surface area contributed by atoms with Gasteiger partial charge < -0.3 is 4.74 Å². The van der Waals surface area contributed by atoms with Crippen LogP contribution in [-0.4, -0.2) is 4.98 Å². The lowest BCUT2D eigenvalue weighted by Crippen LogP contribution is -1.82. The van der Waals surface area contributed by atoms with Crippen LogP contribution in [0.1, 0.15) is 18.1 Å². The maximum absolute atomic E-state index is 5.28. The highest BCUT2D eigenvalue weighted by Gasteiger charge is 1.91. The van der Waals surface area contributed by atoms with E-state index in [-0.39, 0.29) is 0 Å². The van der Waals surface area contributed by atoms with Crippen LogP contribution in [0, 0.1) is 47.5 Å². The molecule has 24 heavy (non-hydrogen) atoms. The Morgan fingerprint density at radius 3 is 2.00 bits per heavy atom. The van der Waals surface area contributed by atoms with Gasteiger partial charge in [0.05, 0.1) is 0 Å². The number of pyridine rings is 1. The van der Waals surface area contributed by atoms with Crippen molar-refractivity contribution in [3.05, 3.63) is 59.9 Å². The van der Waals surface area contributed by atoms with E-state index in [1.165, 1.54) is 0 Å². The molecule has 0 amide bonds. The van der Waals surface area contributed by atoms with E-state index in [0.717, 1.165) is 11.1 Å². The van der Waals surface area contributed by atoms with Crippen molar-refractivity contribution in [1.82, 2.24) is 4.98 Å². The van der Waals surface area contributed by atoms with E-state index < -0.39 is 0 Å². The van der Waals surface area contributed by atoms with Crippen LogP contribution in [0.4, 0.5) is 0 Å². The van der Waals surface area contributed by atoms with Crippen molar-refractivity contribution in [2.75, 3.05) is 0 Å². The fourth-order valence-electron chi connectivity index (χ4n) is 1.61. The quantitative estimate of drug-likeness (QED) is 0.808. The zero-order valence-electron chi connectivity index (χ0n) is 13.1. The van der Waals surface area contributed by atoms with Gasteiger partial charge in [-0.25, -0.2) is 0 Å². The van der Waals surface area contributed by atoms with E-state index in [9.17, 15) is 0 Å². The van der Waals surface area contributed by atoms with E-state index >= 15 is 0 Å². The van der Waals surface area contributed by atoms with Crippen LogP contribution in [-0.2, 0) is 0 Å². The average molecular weight is 307 g/mol. The van der Waals surface area contributed by atoms with E-state index in [2.05, 4.69) is 52.5 Å². The summed E-state index contributed by atoms with van der Waals surface area (Å²) in [7, 11) is 0. The van der Waals surface area contributed by atoms with Crippen molar-refractivity contribution in [3.63, 3.8) is 0 Å². The fraction of sp³-hybridized carbons (Fsp3) is 0.0455. The van der Waals surface area contributed by atoms with Crippen LogP contribution < -0.4 is 4.74 Å². The van der Waals surface area contributed by atoms with Gasteiger partial charge in [-0.3, -0.25) is 4.98 Å². The summed E-state index contributed by atoms with van der Waals surface area (Å²) in [6.45, 7) is 1.72. The van der Waals surface area contributed by atoms with Gasteiger partial charge in [0.2, 0.25) is 0 Å². The van der Waals surface area contributed by atoms with E-state index in [4.69, 9.17) is 4.74 Å². The first kappa shape index (κ1) is 16.5. The topological polar surface area (TPSA) is 22.1 Å². The molecule has 0 aliphatic carbocycles. The van der Waals surface area contributed by atoms with Crippen molar-refractivity contribution < 1.29 is 4.74 Å². The van der Waals surface area contributed by atoms with Crippen molar-refractivity contribution in [1.29, 1.82) is 0 Å². The SMILES string of the molecule is CC#CC#CC#CC#COc1ccc(/C=C/c2ccncc2)cc1. The van der Waals surface area contributed by atoms with Crippen molar-refractivity contribution in [2.45, 2.75) is 6.92 Å². The van der Waals surface area contributed by atoms with Crippen molar-refractivity contribution in [3.8, 4) is 53.3 Å². The average Bonchev–Trinajstić information content (AvgIpc) is 2.64. The summed E-state index contributed by atoms with van der Waals surface area (Å²) in [6.07, 6.45) is 10.1. The van der Waals surface area contributed by atoms with Gasteiger partial charge in [0.15, 0.2) is 0 Å². The summed E-state index contributed by atoms with van der Waals surface area (Å²) in [5.41, 5.74) is 2.17. The zero-order valence-corrected chi connectivity index (χ0v) is 13.1. The summed E-state index contributed by atoms with van der Waals surface area (Å²) in [6, 6.07) is 11.5. The van der Waals surface area contributed by atoms with Gasteiger partial charge in [-0.1, -0.05) is 30.2 Å². The molecule has 0 saturated heterocycles. The minimum Gasteiger partial charge on any atom is -0.407 e. The molecule has 0 N–H and O–H groups in total. The van der Waals surface area contributed by atoms with Crippen molar-refractivity contribution >= 4 is 12.2 Å². The summed E-state index contributed by atoms with van der Waals surface area (Å²) in [5.74, 6) is 18.7. The Hall–Kier alpha value is -3.85. The van der Waals surface area contributed by atoms with Gasteiger partial charge in [-0.05, 0) is 60.1 Å². The molecule has 1 aromatic heterocycles. The highest BCUT2D eigenvalue weighted by atomic mass is 16.5. The van der Waals surface area contributed by atoms with Gasteiger partial charge in [0.1, 0.15) is 11.9 Å². The molecule has 0 aliphatic rings. The maximum atomic E-state index is 5.28. The molecule has 2 rings (SSSR count). The maximum Gasteiger partial charge on any atom is 0.140 e. The summed E-state index contributed by atoms with van der Waals surface area (Å²) in [4.78, 5) is 3.99.